The fraction of sp³-hybridized carbons (Fsp3) is 1.00. The monoisotopic (exact) mass is 197 g/mol. The van der Waals surface area contributed by atoms with Gasteiger partial charge < -0.3 is 10.1 Å². The molecule has 1 saturated carbocycles. The standard InChI is InChI=1S/C12H23NO/c1-10-2-3-12(8-10)13-6-4-11-5-7-14-9-11/h10-13H,2-9H2,1H3. The summed E-state index contributed by atoms with van der Waals surface area (Å²) in [5.74, 6) is 1.78. The van der Waals surface area contributed by atoms with Crippen LogP contribution in [0.3, 0.4) is 0 Å². The summed E-state index contributed by atoms with van der Waals surface area (Å²) in [6.07, 6.45) is 6.79. The van der Waals surface area contributed by atoms with Crippen LogP contribution in [0.15, 0.2) is 0 Å². The molecule has 0 amide bonds. The first-order chi connectivity index (χ1) is 6.84. The van der Waals surface area contributed by atoms with Gasteiger partial charge in [-0.15, -0.1) is 0 Å². The molecule has 1 aliphatic heterocycles. The maximum absolute atomic E-state index is 5.37. The quantitative estimate of drug-likeness (QED) is 0.746. The van der Waals surface area contributed by atoms with E-state index in [4.69, 9.17) is 4.74 Å². The summed E-state index contributed by atoms with van der Waals surface area (Å²) in [6.45, 7) is 5.56. The second-order valence-electron chi connectivity index (χ2n) is 5.09. The zero-order valence-corrected chi connectivity index (χ0v) is 9.30. The summed E-state index contributed by atoms with van der Waals surface area (Å²) in [6, 6.07) is 0.812. The molecule has 2 nitrogen and oxygen atoms in total. The lowest BCUT2D eigenvalue weighted by atomic mass is 10.1. The van der Waals surface area contributed by atoms with Crippen LogP contribution in [0.1, 0.15) is 39.0 Å². The van der Waals surface area contributed by atoms with Crippen molar-refractivity contribution in [1.29, 1.82) is 0 Å². The van der Waals surface area contributed by atoms with Gasteiger partial charge in [0.2, 0.25) is 0 Å². The number of nitrogens with one attached hydrogen (secondary N) is 1. The van der Waals surface area contributed by atoms with Gasteiger partial charge in [-0.05, 0) is 50.5 Å². The Morgan fingerprint density at radius 2 is 2.21 bits per heavy atom. The van der Waals surface area contributed by atoms with Crippen molar-refractivity contribution >= 4 is 0 Å². The highest BCUT2D eigenvalue weighted by molar-refractivity contribution is 4.78. The van der Waals surface area contributed by atoms with Gasteiger partial charge in [-0.1, -0.05) is 6.92 Å². The molecule has 0 aromatic heterocycles. The molecule has 2 rings (SSSR count). The molecule has 0 aromatic carbocycles. The van der Waals surface area contributed by atoms with Crippen LogP contribution in [-0.4, -0.2) is 25.8 Å². The summed E-state index contributed by atoms with van der Waals surface area (Å²) in [5, 5.41) is 3.68. The summed E-state index contributed by atoms with van der Waals surface area (Å²) in [5.41, 5.74) is 0. The predicted octanol–water partition coefficient (Wildman–Crippen LogP) is 2.19. The third-order valence-corrected chi connectivity index (χ3v) is 3.70. The van der Waals surface area contributed by atoms with Crippen molar-refractivity contribution in [2.75, 3.05) is 19.8 Å². The van der Waals surface area contributed by atoms with Crippen LogP contribution in [-0.2, 0) is 4.74 Å². The molecule has 1 aliphatic carbocycles. The largest absolute Gasteiger partial charge is 0.381 e. The van der Waals surface area contributed by atoms with Crippen molar-refractivity contribution in [1.82, 2.24) is 5.32 Å². The first-order valence-corrected chi connectivity index (χ1v) is 6.15. The van der Waals surface area contributed by atoms with Crippen LogP contribution in [0.2, 0.25) is 0 Å². The van der Waals surface area contributed by atoms with Crippen molar-refractivity contribution in [3.05, 3.63) is 0 Å². The average Bonchev–Trinajstić information content (AvgIpc) is 2.77. The minimum absolute atomic E-state index is 0.812. The Morgan fingerprint density at radius 1 is 1.29 bits per heavy atom. The number of hydrogen-bond acceptors (Lipinski definition) is 2. The molecule has 1 heterocycles. The van der Waals surface area contributed by atoms with E-state index in [1.165, 1.54) is 38.6 Å². The van der Waals surface area contributed by atoms with Gasteiger partial charge in [0.1, 0.15) is 0 Å². The predicted molar refractivity (Wildman–Crippen MR) is 58.3 cm³/mol. The van der Waals surface area contributed by atoms with Gasteiger partial charge in [0.15, 0.2) is 0 Å². The minimum Gasteiger partial charge on any atom is -0.381 e. The third kappa shape index (κ3) is 2.96. The number of ether oxygens (including phenoxy) is 1. The lowest BCUT2D eigenvalue weighted by Gasteiger charge is -2.14. The maximum Gasteiger partial charge on any atom is 0.0495 e. The second kappa shape index (κ2) is 5.13. The average molecular weight is 197 g/mol. The molecule has 1 saturated heterocycles. The van der Waals surface area contributed by atoms with Crippen LogP contribution in [0.25, 0.3) is 0 Å². The summed E-state index contributed by atoms with van der Waals surface area (Å²) >= 11 is 0. The highest BCUT2D eigenvalue weighted by atomic mass is 16.5. The van der Waals surface area contributed by atoms with E-state index in [-0.39, 0.29) is 0 Å². The van der Waals surface area contributed by atoms with Crippen molar-refractivity contribution in [2.24, 2.45) is 11.8 Å². The van der Waals surface area contributed by atoms with Crippen molar-refractivity contribution in [3.8, 4) is 0 Å². The first kappa shape index (κ1) is 10.4. The maximum atomic E-state index is 5.37. The van der Waals surface area contributed by atoms with E-state index in [1.807, 2.05) is 0 Å². The third-order valence-electron chi connectivity index (χ3n) is 3.70. The van der Waals surface area contributed by atoms with Gasteiger partial charge in [-0.2, -0.15) is 0 Å². The minimum atomic E-state index is 0.812. The summed E-state index contributed by atoms with van der Waals surface area (Å²) < 4.78 is 5.37. The molecule has 2 fully saturated rings. The fourth-order valence-corrected chi connectivity index (χ4v) is 2.70. The van der Waals surface area contributed by atoms with Gasteiger partial charge in [-0.25, -0.2) is 0 Å². The van der Waals surface area contributed by atoms with Gasteiger partial charge in [0.05, 0.1) is 0 Å². The van der Waals surface area contributed by atoms with Gasteiger partial charge in [0, 0.05) is 19.3 Å². The second-order valence-corrected chi connectivity index (χ2v) is 5.09. The molecule has 0 bridgehead atoms. The Bertz CT molecular complexity index is 166. The van der Waals surface area contributed by atoms with E-state index in [2.05, 4.69) is 12.2 Å². The normalized spacial score (nSPS) is 37.9. The Kier molecular flexibility index (Phi) is 3.82. The van der Waals surface area contributed by atoms with Crippen LogP contribution < -0.4 is 5.32 Å². The number of hydrogen-bond donors (Lipinski definition) is 1. The Balaban J connectivity index is 1.54. The van der Waals surface area contributed by atoms with E-state index < -0.39 is 0 Å². The fourth-order valence-electron chi connectivity index (χ4n) is 2.70. The van der Waals surface area contributed by atoms with E-state index in [0.29, 0.717) is 0 Å². The lowest BCUT2D eigenvalue weighted by molar-refractivity contribution is 0.184. The molecular formula is C12H23NO. The molecule has 2 aliphatic rings. The molecule has 2 heteroatoms. The molecule has 82 valence electrons. The SMILES string of the molecule is CC1CCC(NCCC2CCOC2)C1. The molecule has 0 spiro atoms. The van der Waals surface area contributed by atoms with Crippen LogP contribution in [0.4, 0.5) is 0 Å². The molecule has 14 heavy (non-hydrogen) atoms. The number of rotatable bonds is 4. The van der Waals surface area contributed by atoms with Crippen LogP contribution in [0, 0.1) is 11.8 Å². The van der Waals surface area contributed by atoms with E-state index in [0.717, 1.165) is 31.1 Å². The zero-order chi connectivity index (χ0) is 9.80. The molecule has 3 unspecified atom stereocenters. The van der Waals surface area contributed by atoms with Crippen molar-refractivity contribution in [2.45, 2.75) is 45.1 Å². The molecule has 1 N–H and O–H groups in total. The molecule has 3 atom stereocenters. The van der Waals surface area contributed by atoms with Gasteiger partial charge >= 0.3 is 0 Å². The van der Waals surface area contributed by atoms with Crippen LogP contribution in [0.5, 0.6) is 0 Å². The van der Waals surface area contributed by atoms with E-state index in [1.54, 1.807) is 0 Å². The Morgan fingerprint density at radius 3 is 2.86 bits per heavy atom. The zero-order valence-electron chi connectivity index (χ0n) is 9.30. The van der Waals surface area contributed by atoms with Gasteiger partial charge in [-0.3, -0.25) is 0 Å². The van der Waals surface area contributed by atoms with E-state index >= 15 is 0 Å². The first-order valence-electron chi connectivity index (χ1n) is 6.15. The Labute approximate surface area is 87.4 Å². The lowest BCUT2D eigenvalue weighted by Crippen LogP contribution is -2.28. The highest BCUT2D eigenvalue weighted by Gasteiger charge is 2.21. The van der Waals surface area contributed by atoms with Gasteiger partial charge in [0.25, 0.3) is 0 Å². The molecular weight excluding hydrogens is 174 g/mol. The smallest absolute Gasteiger partial charge is 0.0495 e. The molecule has 0 radical (unpaired) electrons. The summed E-state index contributed by atoms with van der Waals surface area (Å²) in [4.78, 5) is 0. The van der Waals surface area contributed by atoms with Crippen LogP contribution >= 0.6 is 0 Å². The summed E-state index contributed by atoms with van der Waals surface area (Å²) in [7, 11) is 0. The Hall–Kier alpha value is -0.0800. The van der Waals surface area contributed by atoms with Crippen molar-refractivity contribution in [3.63, 3.8) is 0 Å². The molecule has 0 aromatic rings. The van der Waals surface area contributed by atoms with E-state index in [9.17, 15) is 0 Å². The topological polar surface area (TPSA) is 21.3 Å². The van der Waals surface area contributed by atoms with Crippen molar-refractivity contribution < 1.29 is 4.74 Å². The highest BCUT2D eigenvalue weighted by Crippen LogP contribution is 2.24.